The molecule has 2 N–H and O–H groups in total. The highest BCUT2D eigenvalue weighted by molar-refractivity contribution is 7.99. The van der Waals surface area contributed by atoms with Gasteiger partial charge in [0.15, 0.2) is 0 Å². The third kappa shape index (κ3) is 4.09. The van der Waals surface area contributed by atoms with Crippen LogP contribution in [-0.4, -0.2) is 38.6 Å². The van der Waals surface area contributed by atoms with Crippen molar-refractivity contribution in [2.45, 2.75) is 44.2 Å². The van der Waals surface area contributed by atoms with Crippen LogP contribution in [0.4, 0.5) is 0 Å². The highest BCUT2D eigenvalue weighted by Crippen LogP contribution is 2.29. The first-order valence-electron chi connectivity index (χ1n) is 5.72. The molecule has 0 saturated carbocycles. The Balaban J connectivity index is 3.00. The number of nitrogens with zero attached hydrogens (tertiary/aromatic N) is 2. The molecule has 1 atom stereocenters. The minimum absolute atomic E-state index is 0.178. The maximum Gasteiger partial charge on any atom is 0.136 e. The minimum atomic E-state index is -0.749. The van der Waals surface area contributed by atoms with Gasteiger partial charge < -0.3 is 10.2 Å². The van der Waals surface area contributed by atoms with Crippen LogP contribution < -0.4 is 0 Å². The van der Waals surface area contributed by atoms with Crippen LogP contribution >= 0.6 is 23.4 Å². The van der Waals surface area contributed by atoms with Gasteiger partial charge in [-0.15, -0.1) is 11.8 Å². The monoisotopic (exact) mass is 290 g/mol. The van der Waals surface area contributed by atoms with Gasteiger partial charge in [0.2, 0.25) is 0 Å². The normalized spacial score (nSPS) is 13.7. The van der Waals surface area contributed by atoms with Crippen molar-refractivity contribution in [1.82, 2.24) is 9.97 Å². The first-order valence-corrected chi connectivity index (χ1v) is 7.08. The third-order valence-electron chi connectivity index (χ3n) is 2.34. The lowest BCUT2D eigenvalue weighted by molar-refractivity contribution is 0.113. The number of hydrogen-bond donors (Lipinski definition) is 2. The third-order valence-corrected chi connectivity index (χ3v) is 3.93. The van der Waals surface area contributed by atoms with Crippen molar-refractivity contribution in [2.75, 3.05) is 12.4 Å². The molecule has 0 amide bonds. The Bertz CT molecular complexity index is 421. The maximum absolute atomic E-state index is 9.36. The van der Waals surface area contributed by atoms with Crippen molar-refractivity contribution >= 4 is 23.4 Å². The molecular weight excluding hydrogens is 272 g/mol. The van der Waals surface area contributed by atoms with Gasteiger partial charge in [-0.05, 0) is 6.92 Å². The van der Waals surface area contributed by atoms with Crippen LogP contribution in [0.3, 0.4) is 0 Å². The first-order chi connectivity index (χ1) is 8.25. The van der Waals surface area contributed by atoms with Gasteiger partial charge in [0.1, 0.15) is 16.0 Å². The second-order valence-electron chi connectivity index (χ2n) is 5.17. The van der Waals surface area contributed by atoms with E-state index in [-0.39, 0.29) is 12.0 Å². The molecule has 4 nitrogen and oxygen atoms in total. The van der Waals surface area contributed by atoms with E-state index in [2.05, 4.69) is 9.97 Å². The largest absolute Gasteiger partial charge is 0.394 e. The predicted octanol–water partition coefficient (Wildman–Crippen LogP) is 2.18. The molecule has 18 heavy (non-hydrogen) atoms. The van der Waals surface area contributed by atoms with Crippen LogP contribution in [-0.2, 0) is 5.41 Å². The second-order valence-corrected chi connectivity index (χ2v) is 6.53. The summed E-state index contributed by atoms with van der Waals surface area (Å²) in [5.74, 6) is 1.06. The van der Waals surface area contributed by atoms with Crippen molar-refractivity contribution in [3.63, 3.8) is 0 Å². The van der Waals surface area contributed by atoms with E-state index in [1.165, 1.54) is 11.8 Å². The van der Waals surface area contributed by atoms with Crippen LogP contribution in [0.15, 0.2) is 5.03 Å². The summed E-state index contributed by atoms with van der Waals surface area (Å²) < 4.78 is 0. The molecule has 1 rings (SSSR count). The maximum atomic E-state index is 9.36. The smallest absolute Gasteiger partial charge is 0.136 e. The zero-order valence-corrected chi connectivity index (χ0v) is 12.6. The number of aliphatic hydroxyl groups excluding tert-OH is 2. The summed E-state index contributed by atoms with van der Waals surface area (Å²) in [6.45, 7) is 7.65. The molecule has 0 bridgehead atoms. The van der Waals surface area contributed by atoms with Gasteiger partial charge in [0, 0.05) is 16.7 Å². The van der Waals surface area contributed by atoms with Crippen LogP contribution in [0.25, 0.3) is 0 Å². The molecule has 0 fully saturated rings. The summed E-state index contributed by atoms with van der Waals surface area (Å²) in [5, 5.41) is 19.4. The summed E-state index contributed by atoms with van der Waals surface area (Å²) in [7, 11) is 0. The number of aliphatic hydroxyl groups is 2. The molecule has 0 aliphatic carbocycles. The van der Waals surface area contributed by atoms with Crippen molar-refractivity contribution in [3.8, 4) is 0 Å². The topological polar surface area (TPSA) is 66.2 Å². The van der Waals surface area contributed by atoms with Gasteiger partial charge in [-0.3, -0.25) is 0 Å². The molecule has 0 saturated heterocycles. The summed E-state index contributed by atoms with van der Waals surface area (Å²) in [6, 6.07) is 0. The van der Waals surface area contributed by atoms with E-state index in [1.807, 2.05) is 27.7 Å². The molecule has 0 aliphatic rings. The van der Waals surface area contributed by atoms with Gasteiger partial charge in [0.05, 0.1) is 12.7 Å². The van der Waals surface area contributed by atoms with Crippen LogP contribution in [0.1, 0.15) is 32.2 Å². The van der Waals surface area contributed by atoms with E-state index in [4.69, 9.17) is 16.7 Å². The molecule has 1 aromatic heterocycles. The summed E-state index contributed by atoms with van der Waals surface area (Å²) >= 11 is 7.48. The van der Waals surface area contributed by atoms with E-state index >= 15 is 0 Å². The first kappa shape index (κ1) is 15.7. The number of hydrogen-bond acceptors (Lipinski definition) is 5. The van der Waals surface area contributed by atoms with Crippen molar-refractivity contribution in [3.05, 3.63) is 16.5 Å². The van der Waals surface area contributed by atoms with Gasteiger partial charge in [-0.2, -0.15) is 0 Å². The fourth-order valence-corrected chi connectivity index (χ4v) is 2.32. The fourth-order valence-electron chi connectivity index (χ4n) is 1.17. The van der Waals surface area contributed by atoms with Crippen molar-refractivity contribution < 1.29 is 10.2 Å². The van der Waals surface area contributed by atoms with E-state index in [9.17, 15) is 5.11 Å². The van der Waals surface area contributed by atoms with E-state index < -0.39 is 6.10 Å². The average Bonchev–Trinajstić information content (AvgIpc) is 2.28. The number of aromatic nitrogens is 2. The van der Waals surface area contributed by atoms with Gasteiger partial charge >= 0.3 is 0 Å². The predicted molar refractivity (Wildman–Crippen MR) is 74.3 cm³/mol. The molecule has 1 aromatic rings. The van der Waals surface area contributed by atoms with Crippen molar-refractivity contribution in [1.29, 1.82) is 0 Å². The molecule has 0 aromatic carbocycles. The minimum Gasteiger partial charge on any atom is -0.394 e. The summed E-state index contributed by atoms with van der Waals surface area (Å²) in [4.78, 5) is 8.77. The lowest BCUT2D eigenvalue weighted by atomic mass is 9.96. The van der Waals surface area contributed by atoms with Gasteiger partial charge in [-0.1, -0.05) is 32.4 Å². The molecular formula is C12H19ClN2O2S. The van der Waals surface area contributed by atoms with E-state index in [1.54, 1.807) is 0 Å². The standard InChI is InChI=1S/C12H19ClN2O2S/c1-7-9(13)14-11(12(2,3)4)15-10(7)18-6-8(17)5-16/h8,16-17H,5-6H2,1-4H3. The average molecular weight is 291 g/mol. The number of thioether (sulfide) groups is 1. The SMILES string of the molecule is Cc1c(Cl)nc(C(C)(C)C)nc1SCC(O)CO. The Hall–Kier alpha value is -0.360. The van der Waals surface area contributed by atoms with Gasteiger partial charge in [0.25, 0.3) is 0 Å². The highest BCUT2D eigenvalue weighted by Gasteiger charge is 2.21. The molecule has 0 aliphatic heterocycles. The van der Waals surface area contributed by atoms with Gasteiger partial charge in [-0.25, -0.2) is 9.97 Å². The fraction of sp³-hybridized carbons (Fsp3) is 0.667. The Morgan fingerprint density at radius 3 is 2.44 bits per heavy atom. The number of rotatable bonds is 4. The second kappa shape index (κ2) is 6.19. The summed E-state index contributed by atoms with van der Waals surface area (Å²) in [6.07, 6.45) is -0.749. The molecule has 0 spiro atoms. The number of halogens is 1. The highest BCUT2D eigenvalue weighted by atomic mass is 35.5. The van der Waals surface area contributed by atoms with E-state index in [0.717, 1.165) is 10.6 Å². The molecule has 6 heteroatoms. The van der Waals surface area contributed by atoms with Crippen molar-refractivity contribution in [2.24, 2.45) is 0 Å². The Kier molecular flexibility index (Phi) is 5.40. The zero-order chi connectivity index (χ0) is 13.9. The molecule has 0 radical (unpaired) electrons. The van der Waals surface area contributed by atoms with E-state index in [0.29, 0.717) is 16.7 Å². The molecule has 102 valence electrons. The lowest BCUT2D eigenvalue weighted by Gasteiger charge is -2.19. The van der Waals surface area contributed by atoms with Crippen LogP contribution in [0.2, 0.25) is 5.15 Å². The van der Waals surface area contributed by atoms with Crippen LogP contribution in [0, 0.1) is 6.92 Å². The van der Waals surface area contributed by atoms with Crippen LogP contribution in [0.5, 0.6) is 0 Å². The quantitative estimate of drug-likeness (QED) is 0.657. The summed E-state index contributed by atoms with van der Waals surface area (Å²) in [5.41, 5.74) is 0.627. The molecule has 1 unspecified atom stereocenters. The Morgan fingerprint density at radius 1 is 1.33 bits per heavy atom. The Morgan fingerprint density at radius 2 is 1.94 bits per heavy atom. The zero-order valence-electron chi connectivity index (χ0n) is 11.1. The Labute approximate surface area is 117 Å². The molecule has 1 heterocycles. The lowest BCUT2D eigenvalue weighted by Crippen LogP contribution is -2.18.